The average Bonchev–Trinajstić information content (AvgIpc) is 2.54. The molecule has 2 aromatic rings. The van der Waals surface area contributed by atoms with Gasteiger partial charge in [-0.1, -0.05) is 12.1 Å². The third kappa shape index (κ3) is 3.08. The first-order chi connectivity index (χ1) is 10.3. The first kappa shape index (κ1) is 14.1. The van der Waals surface area contributed by atoms with E-state index in [1.54, 1.807) is 7.11 Å². The molecule has 1 aromatic carbocycles. The number of rotatable bonds is 4. The molecule has 0 radical (unpaired) electrons. The second-order valence-electron chi connectivity index (χ2n) is 5.62. The number of methoxy groups -OCH3 is 1. The molecular weight excluding hydrogens is 264 g/mol. The smallest absolute Gasteiger partial charge is 0.257 e. The first-order valence-corrected chi connectivity index (χ1v) is 7.50. The van der Waals surface area contributed by atoms with Crippen LogP contribution in [0.4, 0.5) is 5.82 Å². The number of fused-ring (bicyclic) bond motifs is 1. The van der Waals surface area contributed by atoms with E-state index < -0.39 is 0 Å². The highest BCUT2D eigenvalue weighted by Crippen LogP contribution is 2.27. The molecular formula is C16H22N4O. The Labute approximate surface area is 125 Å². The highest BCUT2D eigenvalue weighted by atomic mass is 16.5. The molecule has 0 aliphatic carbocycles. The summed E-state index contributed by atoms with van der Waals surface area (Å²) in [5.41, 5.74) is 1.78. The number of hydrogen-bond donors (Lipinski definition) is 1. The fourth-order valence-electron chi connectivity index (χ4n) is 2.90. The van der Waals surface area contributed by atoms with Gasteiger partial charge in [-0.15, -0.1) is 0 Å². The van der Waals surface area contributed by atoms with Crippen LogP contribution in [0.1, 0.15) is 12.8 Å². The standard InChI is InChI=1S/C16H22N4O/c1-20(11-12-7-9-17-10-8-12)15-16(21-2)19-14-6-4-3-5-13(14)18-15/h3-6,12,17H,7-11H2,1-2H3. The Bertz CT molecular complexity index is 610. The van der Waals surface area contributed by atoms with E-state index in [1.165, 1.54) is 12.8 Å². The number of nitrogens with zero attached hydrogens (tertiary/aromatic N) is 3. The summed E-state index contributed by atoms with van der Waals surface area (Å²) in [5, 5.41) is 3.40. The zero-order valence-corrected chi connectivity index (χ0v) is 12.7. The van der Waals surface area contributed by atoms with Gasteiger partial charge >= 0.3 is 0 Å². The summed E-state index contributed by atoms with van der Waals surface area (Å²) in [4.78, 5) is 11.5. The van der Waals surface area contributed by atoms with Crippen molar-refractivity contribution >= 4 is 16.9 Å². The summed E-state index contributed by atoms with van der Waals surface area (Å²) < 4.78 is 5.44. The van der Waals surface area contributed by atoms with Crippen LogP contribution >= 0.6 is 0 Å². The first-order valence-electron chi connectivity index (χ1n) is 7.50. The third-order valence-corrected chi connectivity index (χ3v) is 4.07. The van der Waals surface area contributed by atoms with Gasteiger partial charge in [0.1, 0.15) is 0 Å². The number of ether oxygens (including phenoxy) is 1. The molecule has 1 aliphatic heterocycles. The van der Waals surface area contributed by atoms with Crippen molar-refractivity contribution in [2.45, 2.75) is 12.8 Å². The highest BCUT2D eigenvalue weighted by Gasteiger charge is 2.19. The van der Waals surface area contributed by atoms with Crippen LogP contribution in [-0.2, 0) is 0 Å². The predicted molar refractivity (Wildman–Crippen MR) is 85.0 cm³/mol. The molecule has 1 saturated heterocycles. The van der Waals surface area contributed by atoms with Crippen LogP contribution in [-0.4, -0.2) is 43.8 Å². The Morgan fingerprint density at radius 2 is 1.86 bits per heavy atom. The zero-order chi connectivity index (χ0) is 14.7. The predicted octanol–water partition coefficient (Wildman–Crippen LogP) is 2.07. The molecule has 1 aliphatic rings. The molecule has 112 valence electrons. The number of aromatic nitrogens is 2. The van der Waals surface area contributed by atoms with Gasteiger partial charge in [0.05, 0.1) is 18.1 Å². The maximum absolute atomic E-state index is 5.44. The number of piperidine rings is 1. The third-order valence-electron chi connectivity index (χ3n) is 4.07. The van der Waals surface area contributed by atoms with Crippen molar-refractivity contribution in [2.24, 2.45) is 5.92 Å². The van der Waals surface area contributed by atoms with E-state index in [0.717, 1.165) is 36.5 Å². The summed E-state index contributed by atoms with van der Waals surface area (Å²) in [6.45, 7) is 3.21. The van der Waals surface area contributed by atoms with Crippen molar-refractivity contribution in [1.82, 2.24) is 15.3 Å². The molecule has 0 spiro atoms. The molecule has 0 amide bonds. The maximum Gasteiger partial charge on any atom is 0.257 e. The van der Waals surface area contributed by atoms with Crippen molar-refractivity contribution in [3.8, 4) is 5.88 Å². The summed E-state index contributed by atoms with van der Waals surface area (Å²) >= 11 is 0. The van der Waals surface area contributed by atoms with Gasteiger partial charge in [-0.05, 0) is 44.0 Å². The van der Waals surface area contributed by atoms with Crippen LogP contribution in [0.5, 0.6) is 5.88 Å². The minimum Gasteiger partial charge on any atom is -0.478 e. The number of nitrogens with one attached hydrogen (secondary N) is 1. The minimum absolute atomic E-state index is 0.602. The zero-order valence-electron chi connectivity index (χ0n) is 12.7. The van der Waals surface area contributed by atoms with Gasteiger partial charge in [0.2, 0.25) is 0 Å². The van der Waals surface area contributed by atoms with Crippen molar-refractivity contribution in [3.05, 3.63) is 24.3 Å². The van der Waals surface area contributed by atoms with E-state index in [0.29, 0.717) is 11.8 Å². The van der Waals surface area contributed by atoms with Gasteiger partial charge in [0.15, 0.2) is 5.82 Å². The van der Waals surface area contributed by atoms with E-state index in [2.05, 4.69) is 22.2 Å². The topological polar surface area (TPSA) is 50.3 Å². The SMILES string of the molecule is COc1nc2ccccc2nc1N(C)CC1CCNCC1. The monoisotopic (exact) mass is 286 g/mol. The normalized spacial score (nSPS) is 16.1. The molecule has 2 heterocycles. The van der Waals surface area contributed by atoms with Crippen LogP contribution in [0.25, 0.3) is 11.0 Å². The Hall–Kier alpha value is -1.88. The van der Waals surface area contributed by atoms with Crippen molar-refractivity contribution < 1.29 is 4.74 Å². The molecule has 21 heavy (non-hydrogen) atoms. The van der Waals surface area contributed by atoms with Gasteiger partial charge in [0, 0.05) is 13.6 Å². The quantitative estimate of drug-likeness (QED) is 0.932. The van der Waals surface area contributed by atoms with Crippen LogP contribution < -0.4 is 15.0 Å². The Kier molecular flexibility index (Phi) is 4.20. The molecule has 5 nitrogen and oxygen atoms in total. The van der Waals surface area contributed by atoms with E-state index >= 15 is 0 Å². The lowest BCUT2D eigenvalue weighted by molar-refractivity contribution is 0.371. The van der Waals surface area contributed by atoms with Crippen molar-refractivity contribution in [2.75, 3.05) is 38.7 Å². The summed E-state index contributed by atoms with van der Waals surface area (Å²) in [5.74, 6) is 2.13. The Morgan fingerprint density at radius 3 is 2.52 bits per heavy atom. The number of hydrogen-bond acceptors (Lipinski definition) is 5. The van der Waals surface area contributed by atoms with Gasteiger partial charge in [0.25, 0.3) is 5.88 Å². The van der Waals surface area contributed by atoms with Crippen LogP contribution in [0.2, 0.25) is 0 Å². The fraction of sp³-hybridized carbons (Fsp3) is 0.500. The van der Waals surface area contributed by atoms with E-state index in [9.17, 15) is 0 Å². The highest BCUT2D eigenvalue weighted by molar-refractivity contribution is 5.77. The molecule has 3 rings (SSSR count). The van der Waals surface area contributed by atoms with Crippen molar-refractivity contribution in [3.63, 3.8) is 0 Å². The summed E-state index contributed by atoms with van der Waals surface area (Å²) in [6.07, 6.45) is 2.43. The lowest BCUT2D eigenvalue weighted by atomic mass is 9.98. The largest absolute Gasteiger partial charge is 0.478 e. The Morgan fingerprint density at radius 1 is 1.19 bits per heavy atom. The molecule has 0 atom stereocenters. The molecule has 0 saturated carbocycles. The fourth-order valence-corrected chi connectivity index (χ4v) is 2.90. The molecule has 1 N–H and O–H groups in total. The van der Waals surface area contributed by atoms with E-state index in [1.807, 2.05) is 24.3 Å². The van der Waals surface area contributed by atoms with Gasteiger partial charge < -0.3 is 15.0 Å². The van der Waals surface area contributed by atoms with Gasteiger partial charge in [-0.25, -0.2) is 9.97 Å². The summed E-state index contributed by atoms with van der Waals surface area (Å²) in [7, 11) is 3.73. The molecule has 1 aromatic heterocycles. The second-order valence-corrected chi connectivity index (χ2v) is 5.62. The number of para-hydroxylation sites is 2. The second kappa shape index (κ2) is 6.26. The van der Waals surface area contributed by atoms with Crippen molar-refractivity contribution in [1.29, 1.82) is 0 Å². The van der Waals surface area contributed by atoms with Gasteiger partial charge in [-0.2, -0.15) is 0 Å². The minimum atomic E-state index is 0.602. The molecule has 1 fully saturated rings. The lowest BCUT2D eigenvalue weighted by Crippen LogP contribution is -2.35. The van der Waals surface area contributed by atoms with Crippen LogP contribution in [0, 0.1) is 5.92 Å². The van der Waals surface area contributed by atoms with E-state index in [-0.39, 0.29) is 0 Å². The molecule has 0 unspecified atom stereocenters. The Balaban J connectivity index is 1.86. The average molecular weight is 286 g/mol. The van der Waals surface area contributed by atoms with Crippen LogP contribution in [0.3, 0.4) is 0 Å². The lowest BCUT2D eigenvalue weighted by Gasteiger charge is -2.28. The number of anilines is 1. The maximum atomic E-state index is 5.44. The summed E-state index contributed by atoms with van der Waals surface area (Å²) in [6, 6.07) is 7.90. The molecule has 5 heteroatoms. The van der Waals surface area contributed by atoms with Gasteiger partial charge in [-0.3, -0.25) is 0 Å². The number of benzene rings is 1. The van der Waals surface area contributed by atoms with Crippen LogP contribution in [0.15, 0.2) is 24.3 Å². The van der Waals surface area contributed by atoms with E-state index in [4.69, 9.17) is 9.72 Å². The molecule has 0 bridgehead atoms.